The number of furan rings is 1. The molecule has 0 radical (unpaired) electrons. The van der Waals surface area contributed by atoms with Gasteiger partial charge in [0.25, 0.3) is 11.8 Å². The molecule has 30 heavy (non-hydrogen) atoms. The van der Waals surface area contributed by atoms with Crippen LogP contribution in [0.1, 0.15) is 54.4 Å². The predicted molar refractivity (Wildman–Crippen MR) is 113 cm³/mol. The van der Waals surface area contributed by atoms with Crippen LogP contribution >= 0.6 is 0 Å². The Morgan fingerprint density at radius 1 is 1.20 bits per heavy atom. The average molecular weight is 403 g/mol. The first kappa shape index (κ1) is 19.9. The Morgan fingerprint density at radius 3 is 2.80 bits per heavy atom. The number of aryl methyl sites for hydroxylation is 3. The molecule has 6 heteroatoms. The largest absolute Gasteiger partial charge is 0.459 e. The molecule has 4 rings (SSSR count). The zero-order valence-electron chi connectivity index (χ0n) is 17.5. The van der Waals surface area contributed by atoms with Crippen LogP contribution in [0.4, 0.5) is 0 Å². The molecule has 1 aromatic carbocycles. The van der Waals surface area contributed by atoms with Crippen LogP contribution in [0.25, 0.3) is 0 Å². The third kappa shape index (κ3) is 3.85. The van der Waals surface area contributed by atoms with Crippen molar-refractivity contribution in [3.63, 3.8) is 0 Å². The Balaban J connectivity index is 1.53. The van der Waals surface area contributed by atoms with Crippen molar-refractivity contribution in [1.29, 1.82) is 0 Å². The van der Waals surface area contributed by atoms with Crippen LogP contribution in [0.5, 0.6) is 0 Å². The van der Waals surface area contributed by atoms with E-state index in [1.807, 2.05) is 50.1 Å². The van der Waals surface area contributed by atoms with Crippen LogP contribution in [0.15, 0.2) is 47.2 Å². The number of hydrogen-bond acceptors (Lipinski definition) is 4. The van der Waals surface area contributed by atoms with E-state index in [2.05, 4.69) is 10.3 Å². The Morgan fingerprint density at radius 2 is 2.03 bits per heavy atom. The third-order valence-electron chi connectivity index (χ3n) is 5.68. The summed E-state index contributed by atoms with van der Waals surface area (Å²) in [7, 11) is 0. The Hall–Kier alpha value is -3.41. The molecule has 0 saturated heterocycles. The molecule has 1 N–H and O–H groups in total. The summed E-state index contributed by atoms with van der Waals surface area (Å²) in [5, 5.41) is 2.91. The van der Waals surface area contributed by atoms with Gasteiger partial charge in [-0.3, -0.25) is 14.6 Å². The lowest BCUT2D eigenvalue weighted by Gasteiger charge is -2.31. The molecule has 6 nitrogen and oxygen atoms in total. The summed E-state index contributed by atoms with van der Waals surface area (Å²) in [5.74, 6) is 0.0883. The molecule has 0 aliphatic carbocycles. The molecule has 3 aromatic rings. The first-order chi connectivity index (χ1) is 14.4. The second-order valence-electron chi connectivity index (χ2n) is 7.78. The van der Waals surface area contributed by atoms with Crippen molar-refractivity contribution in [2.75, 3.05) is 6.54 Å². The topological polar surface area (TPSA) is 75.4 Å². The number of fused-ring (bicyclic) bond motifs is 1. The first-order valence-electron chi connectivity index (χ1n) is 10.1. The maximum Gasteiger partial charge on any atom is 0.287 e. The van der Waals surface area contributed by atoms with E-state index in [9.17, 15) is 9.59 Å². The Kier molecular flexibility index (Phi) is 5.40. The first-order valence-corrected chi connectivity index (χ1v) is 10.1. The van der Waals surface area contributed by atoms with E-state index in [0.29, 0.717) is 19.6 Å². The Labute approximate surface area is 175 Å². The number of amides is 2. The SMILES string of the molecule is Cc1ccc(C)c(C(=O)N2CCc3c(cnc(C)c3CNC(=O)c3ccco3)C2)c1. The van der Waals surface area contributed by atoms with Gasteiger partial charge in [-0.15, -0.1) is 0 Å². The molecular formula is C24H25N3O3. The monoisotopic (exact) mass is 403 g/mol. The van der Waals surface area contributed by atoms with Crippen LogP contribution in [-0.4, -0.2) is 28.2 Å². The van der Waals surface area contributed by atoms with Gasteiger partial charge >= 0.3 is 0 Å². The van der Waals surface area contributed by atoms with E-state index in [-0.39, 0.29) is 17.6 Å². The van der Waals surface area contributed by atoms with E-state index in [0.717, 1.165) is 39.9 Å². The van der Waals surface area contributed by atoms with Gasteiger partial charge in [-0.2, -0.15) is 0 Å². The lowest BCUT2D eigenvalue weighted by molar-refractivity contribution is 0.0733. The minimum absolute atomic E-state index is 0.0510. The summed E-state index contributed by atoms with van der Waals surface area (Å²) in [6.45, 7) is 7.46. The summed E-state index contributed by atoms with van der Waals surface area (Å²) in [5.41, 5.74) is 6.94. The van der Waals surface area contributed by atoms with Gasteiger partial charge in [-0.25, -0.2) is 0 Å². The predicted octanol–water partition coefficient (Wildman–Crippen LogP) is 3.73. The maximum absolute atomic E-state index is 13.1. The lowest BCUT2D eigenvalue weighted by atomic mass is 9.94. The highest BCUT2D eigenvalue weighted by molar-refractivity contribution is 5.96. The molecule has 1 aliphatic heterocycles. The molecule has 0 saturated carbocycles. The van der Waals surface area contributed by atoms with Gasteiger partial charge in [0.1, 0.15) is 0 Å². The minimum Gasteiger partial charge on any atom is -0.459 e. The quantitative estimate of drug-likeness (QED) is 0.720. The number of aromatic nitrogens is 1. The standard InChI is InChI=1S/C24H25N3O3/c1-15-6-7-16(2)20(11-15)24(29)27-9-8-19-18(14-27)12-25-17(3)21(19)13-26-23(28)22-5-4-10-30-22/h4-7,10-12H,8-9,13-14H2,1-3H3,(H,26,28). The molecular weight excluding hydrogens is 378 g/mol. The highest BCUT2D eigenvalue weighted by Crippen LogP contribution is 2.26. The molecule has 0 atom stereocenters. The maximum atomic E-state index is 13.1. The third-order valence-corrected chi connectivity index (χ3v) is 5.68. The van der Waals surface area contributed by atoms with Crippen LogP contribution in [0.2, 0.25) is 0 Å². The zero-order chi connectivity index (χ0) is 21.3. The number of carbonyl (C=O) groups is 2. The number of benzene rings is 1. The molecule has 3 heterocycles. The summed E-state index contributed by atoms with van der Waals surface area (Å²) in [4.78, 5) is 31.8. The van der Waals surface area contributed by atoms with Crippen molar-refractivity contribution in [3.8, 4) is 0 Å². The summed E-state index contributed by atoms with van der Waals surface area (Å²) in [6, 6.07) is 9.29. The molecule has 0 unspecified atom stereocenters. The van der Waals surface area contributed by atoms with Crippen molar-refractivity contribution in [2.24, 2.45) is 0 Å². The van der Waals surface area contributed by atoms with Crippen LogP contribution in [0.3, 0.4) is 0 Å². The van der Waals surface area contributed by atoms with E-state index >= 15 is 0 Å². The smallest absolute Gasteiger partial charge is 0.287 e. The highest BCUT2D eigenvalue weighted by Gasteiger charge is 2.25. The highest BCUT2D eigenvalue weighted by atomic mass is 16.3. The van der Waals surface area contributed by atoms with Gasteiger partial charge in [0.2, 0.25) is 0 Å². The molecule has 0 fully saturated rings. The number of pyridine rings is 1. The zero-order valence-corrected chi connectivity index (χ0v) is 17.5. The molecule has 2 aromatic heterocycles. The number of rotatable bonds is 4. The molecule has 0 spiro atoms. The minimum atomic E-state index is -0.250. The fraction of sp³-hybridized carbons (Fsp3) is 0.292. The molecule has 2 amide bonds. The van der Waals surface area contributed by atoms with Crippen molar-refractivity contribution in [3.05, 3.63) is 87.6 Å². The second-order valence-corrected chi connectivity index (χ2v) is 7.78. The van der Waals surface area contributed by atoms with E-state index in [1.54, 1.807) is 12.1 Å². The van der Waals surface area contributed by atoms with Gasteiger partial charge in [-0.1, -0.05) is 17.7 Å². The van der Waals surface area contributed by atoms with Crippen LogP contribution in [-0.2, 0) is 19.5 Å². The molecule has 154 valence electrons. The van der Waals surface area contributed by atoms with Crippen molar-refractivity contribution >= 4 is 11.8 Å². The molecule has 0 bridgehead atoms. The van der Waals surface area contributed by atoms with E-state index in [4.69, 9.17) is 4.42 Å². The number of nitrogens with zero attached hydrogens (tertiary/aromatic N) is 2. The van der Waals surface area contributed by atoms with Gasteiger partial charge in [0.05, 0.1) is 6.26 Å². The van der Waals surface area contributed by atoms with Gasteiger partial charge in [0, 0.05) is 37.1 Å². The van der Waals surface area contributed by atoms with Gasteiger partial charge < -0.3 is 14.6 Å². The number of nitrogens with one attached hydrogen (secondary N) is 1. The van der Waals surface area contributed by atoms with Crippen LogP contribution < -0.4 is 5.32 Å². The lowest BCUT2D eigenvalue weighted by Crippen LogP contribution is -2.37. The van der Waals surface area contributed by atoms with Gasteiger partial charge in [0.15, 0.2) is 5.76 Å². The van der Waals surface area contributed by atoms with Gasteiger partial charge in [-0.05, 0) is 67.6 Å². The van der Waals surface area contributed by atoms with Crippen molar-refractivity contribution in [2.45, 2.75) is 40.3 Å². The Bertz CT molecular complexity index is 1100. The fourth-order valence-corrected chi connectivity index (χ4v) is 3.93. The normalized spacial score (nSPS) is 13.1. The number of hydrogen-bond donors (Lipinski definition) is 1. The fourth-order valence-electron chi connectivity index (χ4n) is 3.93. The van der Waals surface area contributed by atoms with E-state index in [1.165, 1.54) is 11.8 Å². The molecule has 1 aliphatic rings. The van der Waals surface area contributed by atoms with Crippen molar-refractivity contribution < 1.29 is 14.0 Å². The van der Waals surface area contributed by atoms with Crippen molar-refractivity contribution in [1.82, 2.24) is 15.2 Å². The summed E-state index contributed by atoms with van der Waals surface area (Å²) in [6.07, 6.45) is 4.07. The number of carbonyl (C=O) groups excluding carboxylic acids is 2. The summed E-state index contributed by atoms with van der Waals surface area (Å²) >= 11 is 0. The van der Waals surface area contributed by atoms with E-state index < -0.39 is 0 Å². The van der Waals surface area contributed by atoms with Crippen LogP contribution in [0, 0.1) is 20.8 Å². The summed E-state index contributed by atoms with van der Waals surface area (Å²) < 4.78 is 5.16. The average Bonchev–Trinajstić information content (AvgIpc) is 3.29. The second kappa shape index (κ2) is 8.14.